The van der Waals surface area contributed by atoms with Crippen LogP contribution in [0, 0.1) is 6.92 Å². The predicted molar refractivity (Wildman–Crippen MR) is 71.5 cm³/mol. The minimum absolute atomic E-state index is 0.0101. The summed E-state index contributed by atoms with van der Waals surface area (Å²) >= 11 is 0. The number of aromatic nitrogens is 2. The van der Waals surface area contributed by atoms with Gasteiger partial charge in [-0.15, -0.1) is 0 Å². The van der Waals surface area contributed by atoms with E-state index in [1.807, 2.05) is 13.0 Å². The molecule has 0 aliphatic carbocycles. The second-order valence-corrected chi connectivity index (χ2v) is 4.34. The molecule has 0 spiro atoms. The molecule has 0 bridgehead atoms. The van der Waals surface area contributed by atoms with Crippen LogP contribution in [0.5, 0.6) is 0 Å². The molecule has 0 radical (unpaired) electrons. The Labute approximate surface area is 106 Å². The van der Waals surface area contributed by atoms with E-state index < -0.39 is 0 Å². The number of benzene rings is 1. The van der Waals surface area contributed by atoms with E-state index in [9.17, 15) is 4.79 Å². The Morgan fingerprint density at radius 1 is 1.39 bits per heavy atom. The van der Waals surface area contributed by atoms with Crippen LogP contribution in [-0.2, 0) is 6.54 Å². The summed E-state index contributed by atoms with van der Waals surface area (Å²) in [7, 11) is 0. The Bertz CT molecular complexity index is 572. The Kier molecular flexibility index (Phi) is 3.46. The number of hydrogen-bond acceptors (Lipinski definition) is 3. The Balaban J connectivity index is 2.35. The number of nitrogens with two attached hydrogens (primary N) is 1. The Morgan fingerprint density at radius 3 is 2.83 bits per heavy atom. The lowest BCUT2D eigenvalue weighted by molar-refractivity contribution is 0.102. The maximum absolute atomic E-state index is 12.4. The van der Waals surface area contributed by atoms with Gasteiger partial charge in [0, 0.05) is 24.0 Å². The third-order valence-corrected chi connectivity index (χ3v) is 2.92. The van der Waals surface area contributed by atoms with Crippen molar-refractivity contribution < 1.29 is 4.79 Å². The van der Waals surface area contributed by atoms with Gasteiger partial charge in [-0.3, -0.25) is 9.48 Å². The number of carbonyl (C=O) groups is 1. The highest BCUT2D eigenvalue weighted by Crippen LogP contribution is 2.16. The van der Waals surface area contributed by atoms with E-state index in [1.54, 1.807) is 29.1 Å². The first-order valence-corrected chi connectivity index (χ1v) is 6.06. The number of anilines is 1. The highest BCUT2D eigenvalue weighted by Gasteiger charge is 2.14. The summed E-state index contributed by atoms with van der Waals surface area (Å²) in [6, 6.07) is 7.10. The second kappa shape index (κ2) is 5.04. The van der Waals surface area contributed by atoms with E-state index in [-0.39, 0.29) is 5.78 Å². The van der Waals surface area contributed by atoms with E-state index in [1.165, 1.54) is 0 Å². The Morgan fingerprint density at radius 2 is 2.17 bits per heavy atom. The zero-order chi connectivity index (χ0) is 13.1. The lowest BCUT2D eigenvalue weighted by Gasteiger charge is -2.07. The topological polar surface area (TPSA) is 60.9 Å². The second-order valence-electron chi connectivity index (χ2n) is 4.34. The van der Waals surface area contributed by atoms with Crippen LogP contribution in [0.3, 0.4) is 0 Å². The predicted octanol–water partition coefficient (Wildman–Crippen LogP) is 2.41. The molecule has 2 N–H and O–H groups in total. The molecule has 94 valence electrons. The van der Waals surface area contributed by atoms with Gasteiger partial charge in [-0.2, -0.15) is 5.10 Å². The minimum atomic E-state index is -0.0101. The molecule has 4 heteroatoms. The molecule has 18 heavy (non-hydrogen) atoms. The molecular formula is C14H17N3O. The number of nitrogen functional groups attached to an aromatic ring is 1. The third kappa shape index (κ3) is 2.27. The van der Waals surface area contributed by atoms with Gasteiger partial charge in [-0.1, -0.05) is 6.92 Å². The van der Waals surface area contributed by atoms with Crippen LogP contribution in [0.15, 0.2) is 30.5 Å². The molecule has 0 aliphatic rings. The molecule has 0 unspecified atom stereocenters. The van der Waals surface area contributed by atoms with Crippen LogP contribution < -0.4 is 5.73 Å². The average molecular weight is 243 g/mol. The highest BCUT2D eigenvalue weighted by atomic mass is 16.1. The number of hydrogen-bond donors (Lipinski definition) is 1. The first-order chi connectivity index (χ1) is 8.63. The van der Waals surface area contributed by atoms with E-state index in [0.29, 0.717) is 16.9 Å². The van der Waals surface area contributed by atoms with E-state index in [0.717, 1.165) is 18.5 Å². The number of ketones is 1. The van der Waals surface area contributed by atoms with Gasteiger partial charge in [-0.05, 0) is 43.2 Å². The molecular weight excluding hydrogens is 226 g/mol. The smallest absolute Gasteiger partial charge is 0.211 e. The molecule has 1 aromatic heterocycles. The molecule has 2 rings (SSSR count). The number of rotatable bonds is 4. The first kappa shape index (κ1) is 12.4. The van der Waals surface area contributed by atoms with E-state index in [2.05, 4.69) is 12.0 Å². The van der Waals surface area contributed by atoms with Crippen molar-refractivity contribution >= 4 is 11.5 Å². The van der Waals surface area contributed by atoms with E-state index in [4.69, 9.17) is 5.73 Å². The van der Waals surface area contributed by atoms with Gasteiger partial charge < -0.3 is 5.73 Å². The molecule has 2 aromatic rings. The largest absolute Gasteiger partial charge is 0.399 e. The van der Waals surface area contributed by atoms with Gasteiger partial charge in [-0.25, -0.2) is 0 Å². The standard InChI is InChI=1S/C14H17N3O/c1-3-8-17-13(6-7-16-17)14(18)11-4-5-12(15)10(2)9-11/h4-7,9H,3,8,15H2,1-2H3. The monoisotopic (exact) mass is 243 g/mol. The van der Waals surface area contributed by atoms with Crippen LogP contribution in [0.4, 0.5) is 5.69 Å². The van der Waals surface area contributed by atoms with Gasteiger partial charge in [0.25, 0.3) is 0 Å². The minimum Gasteiger partial charge on any atom is -0.399 e. The number of nitrogens with zero attached hydrogens (tertiary/aromatic N) is 2. The average Bonchev–Trinajstić information content (AvgIpc) is 2.80. The fraction of sp³-hybridized carbons (Fsp3) is 0.286. The maximum Gasteiger partial charge on any atom is 0.211 e. The lowest BCUT2D eigenvalue weighted by Crippen LogP contribution is -2.11. The molecule has 0 atom stereocenters. The van der Waals surface area contributed by atoms with Crippen LogP contribution in [-0.4, -0.2) is 15.6 Å². The Hall–Kier alpha value is -2.10. The molecule has 1 heterocycles. The normalized spacial score (nSPS) is 10.6. The molecule has 1 aromatic carbocycles. The van der Waals surface area contributed by atoms with Crippen molar-refractivity contribution in [2.45, 2.75) is 26.8 Å². The summed E-state index contributed by atoms with van der Waals surface area (Å²) in [5.41, 5.74) is 8.66. The van der Waals surface area contributed by atoms with Gasteiger partial charge in [0.1, 0.15) is 5.69 Å². The van der Waals surface area contributed by atoms with Gasteiger partial charge in [0.2, 0.25) is 5.78 Å². The summed E-state index contributed by atoms with van der Waals surface area (Å²) in [6.07, 6.45) is 2.61. The third-order valence-electron chi connectivity index (χ3n) is 2.92. The molecule has 4 nitrogen and oxygen atoms in total. The van der Waals surface area contributed by atoms with E-state index >= 15 is 0 Å². The van der Waals surface area contributed by atoms with Crippen LogP contribution in [0.25, 0.3) is 0 Å². The summed E-state index contributed by atoms with van der Waals surface area (Å²) in [4.78, 5) is 12.4. The van der Waals surface area contributed by atoms with Gasteiger partial charge in [0.15, 0.2) is 0 Å². The molecule has 0 saturated heterocycles. The zero-order valence-electron chi connectivity index (χ0n) is 10.7. The number of aryl methyl sites for hydroxylation is 2. The van der Waals surface area contributed by atoms with Crippen molar-refractivity contribution in [2.75, 3.05) is 5.73 Å². The van der Waals surface area contributed by atoms with Crippen molar-refractivity contribution in [3.05, 3.63) is 47.3 Å². The van der Waals surface area contributed by atoms with Crippen LogP contribution in [0.2, 0.25) is 0 Å². The fourth-order valence-corrected chi connectivity index (χ4v) is 1.88. The number of carbonyl (C=O) groups excluding carboxylic acids is 1. The zero-order valence-corrected chi connectivity index (χ0v) is 10.7. The van der Waals surface area contributed by atoms with Crippen molar-refractivity contribution in [3.63, 3.8) is 0 Å². The maximum atomic E-state index is 12.4. The van der Waals surface area contributed by atoms with Crippen molar-refractivity contribution in [1.29, 1.82) is 0 Å². The van der Waals surface area contributed by atoms with Gasteiger partial charge >= 0.3 is 0 Å². The summed E-state index contributed by atoms with van der Waals surface area (Å²) in [5, 5.41) is 4.16. The first-order valence-electron chi connectivity index (χ1n) is 6.06. The van der Waals surface area contributed by atoms with Crippen molar-refractivity contribution in [2.24, 2.45) is 0 Å². The molecule has 0 fully saturated rings. The van der Waals surface area contributed by atoms with Crippen LogP contribution >= 0.6 is 0 Å². The lowest BCUT2D eigenvalue weighted by atomic mass is 10.0. The summed E-state index contributed by atoms with van der Waals surface area (Å²) < 4.78 is 1.74. The molecule has 0 aliphatic heterocycles. The summed E-state index contributed by atoms with van der Waals surface area (Å²) in [5.74, 6) is -0.0101. The summed E-state index contributed by atoms with van der Waals surface area (Å²) in [6.45, 7) is 4.71. The van der Waals surface area contributed by atoms with Crippen molar-refractivity contribution in [3.8, 4) is 0 Å². The quantitative estimate of drug-likeness (QED) is 0.662. The van der Waals surface area contributed by atoms with Crippen LogP contribution in [0.1, 0.15) is 35.0 Å². The highest BCUT2D eigenvalue weighted by molar-refractivity contribution is 6.08. The van der Waals surface area contributed by atoms with Crippen molar-refractivity contribution in [1.82, 2.24) is 9.78 Å². The fourth-order valence-electron chi connectivity index (χ4n) is 1.88. The molecule has 0 saturated carbocycles. The molecule has 0 amide bonds. The van der Waals surface area contributed by atoms with Gasteiger partial charge in [0.05, 0.1) is 0 Å². The SMILES string of the molecule is CCCn1nccc1C(=O)c1ccc(N)c(C)c1.